The summed E-state index contributed by atoms with van der Waals surface area (Å²) in [6.07, 6.45) is 4.22. The summed E-state index contributed by atoms with van der Waals surface area (Å²) < 4.78 is 22.5. The van der Waals surface area contributed by atoms with E-state index >= 15 is 0 Å². The summed E-state index contributed by atoms with van der Waals surface area (Å²) in [5.74, 6) is -0.787. The summed E-state index contributed by atoms with van der Waals surface area (Å²) in [4.78, 5) is 10.5. The molecule has 2 atom stereocenters. The minimum atomic E-state index is -2.99. The van der Waals surface area contributed by atoms with Crippen molar-refractivity contribution in [3.05, 3.63) is 0 Å². The van der Waals surface area contributed by atoms with Gasteiger partial charge in [-0.15, -0.1) is 0 Å². The summed E-state index contributed by atoms with van der Waals surface area (Å²) >= 11 is 0. The van der Waals surface area contributed by atoms with Crippen LogP contribution in [0.25, 0.3) is 0 Å². The molecule has 4 nitrogen and oxygen atoms in total. The summed E-state index contributed by atoms with van der Waals surface area (Å²) in [6, 6.07) is 0. The maximum Gasteiger partial charge on any atom is 0.303 e. The topological polar surface area (TPSA) is 71.4 Å². The first kappa shape index (κ1) is 11.5. The largest absolute Gasteiger partial charge is 0.481 e. The fourth-order valence-electron chi connectivity index (χ4n) is 2.06. The van der Waals surface area contributed by atoms with Gasteiger partial charge in [-0.3, -0.25) is 4.79 Å². The quantitative estimate of drug-likeness (QED) is 0.772. The van der Waals surface area contributed by atoms with Crippen LogP contribution in [0.1, 0.15) is 32.1 Å². The first-order valence-electron chi connectivity index (χ1n) is 4.80. The highest BCUT2D eigenvalue weighted by Gasteiger charge is 2.29. The van der Waals surface area contributed by atoms with Crippen LogP contribution in [-0.4, -0.2) is 31.0 Å². The van der Waals surface area contributed by atoms with Gasteiger partial charge in [-0.1, -0.05) is 6.42 Å². The number of sulfone groups is 1. The Labute approximate surface area is 84.2 Å². The maximum absolute atomic E-state index is 11.3. The number of aliphatic carboxylic acids is 1. The average molecular weight is 220 g/mol. The minimum Gasteiger partial charge on any atom is -0.481 e. The van der Waals surface area contributed by atoms with Crippen molar-refractivity contribution in [3.63, 3.8) is 0 Å². The highest BCUT2D eigenvalue weighted by atomic mass is 32.2. The average Bonchev–Trinajstić information content (AvgIpc) is 2.01. The van der Waals surface area contributed by atoms with E-state index in [0.29, 0.717) is 12.8 Å². The molecule has 1 aliphatic carbocycles. The molecule has 0 aliphatic heterocycles. The molecule has 1 aliphatic rings. The third-order valence-electron chi connectivity index (χ3n) is 2.80. The number of hydrogen-bond donors (Lipinski definition) is 1. The predicted molar refractivity (Wildman–Crippen MR) is 52.8 cm³/mol. The van der Waals surface area contributed by atoms with Crippen molar-refractivity contribution >= 4 is 15.8 Å². The molecule has 0 aromatic heterocycles. The molecule has 14 heavy (non-hydrogen) atoms. The molecular weight excluding hydrogens is 204 g/mol. The Morgan fingerprint density at radius 1 is 1.43 bits per heavy atom. The fourth-order valence-corrected chi connectivity index (χ4v) is 3.28. The van der Waals surface area contributed by atoms with E-state index in [1.54, 1.807) is 0 Å². The number of carboxylic acids is 1. The summed E-state index contributed by atoms with van der Waals surface area (Å²) in [5, 5.41) is 8.29. The molecule has 0 radical (unpaired) electrons. The molecule has 0 heterocycles. The van der Waals surface area contributed by atoms with Crippen LogP contribution in [0.15, 0.2) is 0 Å². The van der Waals surface area contributed by atoms with Crippen molar-refractivity contribution in [2.24, 2.45) is 5.92 Å². The first-order valence-corrected chi connectivity index (χ1v) is 6.75. The van der Waals surface area contributed by atoms with Crippen LogP contribution >= 0.6 is 0 Å². The first-order chi connectivity index (χ1) is 6.39. The van der Waals surface area contributed by atoms with Gasteiger partial charge in [-0.2, -0.15) is 0 Å². The van der Waals surface area contributed by atoms with Gasteiger partial charge in [0.1, 0.15) is 9.84 Å². The highest BCUT2D eigenvalue weighted by molar-refractivity contribution is 7.91. The second-order valence-electron chi connectivity index (χ2n) is 4.08. The minimum absolute atomic E-state index is 0.0426. The Morgan fingerprint density at radius 3 is 2.57 bits per heavy atom. The molecule has 0 amide bonds. The van der Waals surface area contributed by atoms with Gasteiger partial charge in [0.05, 0.1) is 5.25 Å². The van der Waals surface area contributed by atoms with Gasteiger partial charge in [0.2, 0.25) is 0 Å². The lowest BCUT2D eigenvalue weighted by molar-refractivity contribution is -0.138. The van der Waals surface area contributed by atoms with Gasteiger partial charge in [0, 0.05) is 12.7 Å². The zero-order valence-electron chi connectivity index (χ0n) is 8.27. The molecule has 0 saturated heterocycles. The van der Waals surface area contributed by atoms with Crippen LogP contribution in [0.5, 0.6) is 0 Å². The Hall–Kier alpha value is -0.580. The van der Waals surface area contributed by atoms with E-state index < -0.39 is 15.8 Å². The van der Waals surface area contributed by atoms with Crippen molar-refractivity contribution < 1.29 is 18.3 Å². The van der Waals surface area contributed by atoms with Gasteiger partial charge < -0.3 is 5.11 Å². The molecule has 5 heteroatoms. The SMILES string of the molecule is CS(=O)(=O)[C@@H]1CCC[C@H](CC(=O)O)C1. The van der Waals surface area contributed by atoms with Crippen LogP contribution in [0.3, 0.4) is 0 Å². The Kier molecular flexibility index (Phi) is 3.53. The van der Waals surface area contributed by atoms with E-state index in [0.717, 1.165) is 12.8 Å². The van der Waals surface area contributed by atoms with E-state index in [1.807, 2.05) is 0 Å². The van der Waals surface area contributed by atoms with E-state index in [-0.39, 0.29) is 17.6 Å². The van der Waals surface area contributed by atoms with E-state index in [4.69, 9.17) is 5.11 Å². The smallest absolute Gasteiger partial charge is 0.303 e. The van der Waals surface area contributed by atoms with Crippen LogP contribution in [0.2, 0.25) is 0 Å². The molecule has 0 bridgehead atoms. The summed E-state index contributed by atoms with van der Waals surface area (Å²) in [6.45, 7) is 0. The third-order valence-corrected chi connectivity index (χ3v) is 4.44. The second-order valence-corrected chi connectivity index (χ2v) is 6.41. The molecular formula is C9H16O4S. The van der Waals surface area contributed by atoms with Gasteiger partial charge >= 0.3 is 5.97 Å². The standard InChI is InChI=1S/C9H16O4S/c1-14(12,13)8-4-2-3-7(5-8)6-9(10)11/h7-8H,2-6H2,1H3,(H,10,11)/t7-,8+/m0/s1. The van der Waals surface area contributed by atoms with Crippen molar-refractivity contribution in [2.45, 2.75) is 37.4 Å². The molecule has 0 spiro atoms. The Balaban J connectivity index is 2.56. The highest BCUT2D eigenvalue weighted by Crippen LogP contribution is 2.30. The molecule has 1 saturated carbocycles. The van der Waals surface area contributed by atoms with Crippen molar-refractivity contribution in [3.8, 4) is 0 Å². The van der Waals surface area contributed by atoms with Crippen LogP contribution in [0.4, 0.5) is 0 Å². The monoisotopic (exact) mass is 220 g/mol. The molecule has 0 aromatic rings. The van der Waals surface area contributed by atoms with Crippen molar-refractivity contribution in [1.29, 1.82) is 0 Å². The number of hydrogen-bond acceptors (Lipinski definition) is 3. The zero-order chi connectivity index (χ0) is 10.8. The number of rotatable bonds is 3. The normalized spacial score (nSPS) is 28.6. The molecule has 1 N–H and O–H groups in total. The molecule has 0 unspecified atom stereocenters. The summed E-state index contributed by atoms with van der Waals surface area (Å²) in [5.41, 5.74) is 0. The van der Waals surface area contributed by atoms with E-state index in [9.17, 15) is 13.2 Å². The van der Waals surface area contributed by atoms with Crippen LogP contribution < -0.4 is 0 Å². The van der Waals surface area contributed by atoms with Crippen LogP contribution in [0, 0.1) is 5.92 Å². The number of carbonyl (C=O) groups is 1. The Bertz CT molecular complexity index is 307. The zero-order valence-corrected chi connectivity index (χ0v) is 9.09. The molecule has 82 valence electrons. The molecule has 0 aromatic carbocycles. The van der Waals surface area contributed by atoms with Crippen LogP contribution in [-0.2, 0) is 14.6 Å². The van der Waals surface area contributed by atoms with Gasteiger partial charge in [0.25, 0.3) is 0 Å². The maximum atomic E-state index is 11.3. The third kappa shape index (κ3) is 3.29. The molecule has 1 fully saturated rings. The van der Waals surface area contributed by atoms with Crippen molar-refractivity contribution in [2.75, 3.05) is 6.26 Å². The fraction of sp³-hybridized carbons (Fsp3) is 0.889. The number of carboxylic acid groups (broad SMARTS) is 1. The van der Waals surface area contributed by atoms with Gasteiger partial charge in [-0.25, -0.2) is 8.42 Å². The lowest BCUT2D eigenvalue weighted by atomic mass is 9.87. The lowest BCUT2D eigenvalue weighted by Crippen LogP contribution is -2.28. The lowest BCUT2D eigenvalue weighted by Gasteiger charge is -2.26. The predicted octanol–water partition coefficient (Wildman–Crippen LogP) is 1.06. The second kappa shape index (κ2) is 4.29. The molecule has 1 rings (SSSR count). The summed E-state index contributed by atoms with van der Waals surface area (Å²) in [7, 11) is -2.99. The van der Waals surface area contributed by atoms with E-state index in [1.165, 1.54) is 6.26 Å². The Morgan fingerprint density at radius 2 is 2.07 bits per heavy atom. The van der Waals surface area contributed by atoms with Crippen molar-refractivity contribution in [1.82, 2.24) is 0 Å². The van der Waals surface area contributed by atoms with Gasteiger partial charge in [0.15, 0.2) is 0 Å². The van der Waals surface area contributed by atoms with Gasteiger partial charge in [-0.05, 0) is 25.2 Å². The van der Waals surface area contributed by atoms with E-state index in [2.05, 4.69) is 0 Å².